The Morgan fingerprint density at radius 2 is 1.88 bits per heavy atom. The van der Waals surface area contributed by atoms with Gasteiger partial charge in [0.25, 0.3) is 0 Å². The highest BCUT2D eigenvalue weighted by Crippen LogP contribution is 2.34. The van der Waals surface area contributed by atoms with Gasteiger partial charge in [-0.15, -0.1) is 23.1 Å². The van der Waals surface area contributed by atoms with Crippen LogP contribution in [0.1, 0.15) is 16.7 Å². The molecule has 0 saturated heterocycles. The summed E-state index contributed by atoms with van der Waals surface area (Å²) in [4.78, 5) is 24.1. The van der Waals surface area contributed by atoms with Crippen molar-refractivity contribution in [2.24, 2.45) is 0 Å². The summed E-state index contributed by atoms with van der Waals surface area (Å²) in [6.07, 6.45) is -2.75. The predicted molar refractivity (Wildman–Crippen MR) is 127 cm³/mol. The number of nitrogens with zero attached hydrogens (tertiary/aromatic N) is 2. The van der Waals surface area contributed by atoms with Gasteiger partial charge in [0, 0.05) is 27.1 Å². The lowest BCUT2D eigenvalue weighted by molar-refractivity contribution is -0.138. The van der Waals surface area contributed by atoms with Crippen LogP contribution in [0.25, 0.3) is 32.6 Å². The molecule has 0 radical (unpaired) electrons. The zero-order valence-corrected chi connectivity index (χ0v) is 19.0. The van der Waals surface area contributed by atoms with Crippen molar-refractivity contribution in [1.82, 2.24) is 15.0 Å². The van der Waals surface area contributed by atoms with E-state index in [-0.39, 0.29) is 6.42 Å². The maximum absolute atomic E-state index is 12.9. The van der Waals surface area contributed by atoms with Gasteiger partial charge in [0.2, 0.25) is 0 Å². The van der Waals surface area contributed by atoms with Crippen LogP contribution in [-0.4, -0.2) is 26.0 Å². The number of carboxylic acids is 1. The lowest BCUT2D eigenvalue weighted by atomic mass is 10.1. The number of fused-ring (bicyclic) bond motifs is 2. The van der Waals surface area contributed by atoms with Crippen LogP contribution in [0.15, 0.2) is 65.0 Å². The summed E-state index contributed by atoms with van der Waals surface area (Å²) in [7, 11) is 0. The van der Waals surface area contributed by atoms with E-state index in [0.29, 0.717) is 22.8 Å². The minimum atomic E-state index is -4.39. The SMILES string of the molecule is O=C(O)Cc1csc2ccc(SCc3ccnc4nc(-c5ccc(C(F)(F)F)cc5)[nH]c34)cc12. The first-order valence-electron chi connectivity index (χ1n) is 10.1. The molecule has 0 bridgehead atoms. The number of carboxylic acid groups (broad SMARTS) is 1. The van der Waals surface area contributed by atoms with Gasteiger partial charge in [0.05, 0.1) is 17.5 Å². The van der Waals surface area contributed by atoms with Gasteiger partial charge in [-0.1, -0.05) is 12.1 Å². The number of H-pyrrole nitrogens is 1. The van der Waals surface area contributed by atoms with E-state index in [9.17, 15) is 18.0 Å². The van der Waals surface area contributed by atoms with Gasteiger partial charge >= 0.3 is 12.1 Å². The van der Waals surface area contributed by atoms with Crippen LogP contribution in [0.5, 0.6) is 0 Å². The molecule has 0 spiro atoms. The minimum Gasteiger partial charge on any atom is -0.481 e. The third-order valence-corrected chi connectivity index (χ3v) is 7.38. The summed E-state index contributed by atoms with van der Waals surface area (Å²) in [5, 5.41) is 12.0. The molecule has 5 nitrogen and oxygen atoms in total. The number of alkyl halides is 3. The van der Waals surface area contributed by atoms with Gasteiger partial charge in [-0.25, -0.2) is 9.97 Å². The topological polar surface area (TPSA) is 78.9 Å². The minimum absolute atomic E-state index is 0.0139. The first-order valence-corrected chi connectivity index (χ1v) is 12.0. The molecule has 5 aromatic rings. The molecule has 2 N–H and O–H groups in total. The van der Waals surface area contributed by atoms with Crippen molar-refractivity contribution >= 4 is 50.3 Å². The fraction of sp³-hybridized carbons (Fsp3) is 0.125. The molecule has 2 aromatic carbocycles. The fourth-order valence-electron chi connectivity index (χ4n) is 3.65. The van der Waals surface area contributed by atoms with E-state index in [1.807, 2.05) is 29.6 Å². The van der Waals surface area contributed by atoms with Crippen LogP contribution in [0, 0.1) is 0 Å². The highest BCUT2D eigenvalue weighted by molar-refractivity contribution is 7.98. The van der Waals surface area contributed by atoms with Gasteiger partial charge in [-0.3, -0.25) is 4.79 Å². The number of hydrogen-bond donors (Lipinski definition) is 2. The number of carbonyl (C=O) groups is 1. The zero-order chi connectivity index (χ0) is 23.9. The van der Waals surface area contributed by atoms with Gasteiger partial charge in [-0.2, -0.15) is 13.2 Å². The second kappa shape index (κ2) is 8.77. The van der Waals surface area contributed by atoms with Crippen LogP contribution < -0.4 is 0 Å². The van der Waals surface area contributed by atoms with Crippen LogP contribution in [0.2, 0.25) is 0 Å². The molecule has 0 aliphatic carbocycles. The second-order valence-corrected chi connectivity index (χ2v) is 9.57. The number of hydrogen-bond acceptors (Lipinski definition) is 5. The summed E-state index contributed by atoms with van der Waals surface area (Å²) < 4.78 is 39.6. The van der Waals surface area contributed by atoms with Crippen molar-refractivity contribution in [2.45, 2.75) is 23.2 Å². The quantitative estimate of drug-likeness (QED) is 0.252. The standard InChI is InChI=1S/C24H16F3N3O2S2/c25-24(26,27)16-3-1-13(2-4-16)22-29-21-14(7-8-28-23(21)30-22)11-33-17-5-6-19-18(10-17)15(12-34-19)9-20(31)32/h1-8,10,12H,9,11H2,(H,31,32)(H,28,29,30). The average molecular weight is 500 g/mol. The molecule has 0 saturated carbocycles. The van der Waals surface area contributed by atoms with Crippen molar-refractivity contribution in [3.63, 3.8) is 0 Å². The number of aromatic amines is 1. The molecule has 172 valence electrons. The van der Waals surface area contributed by atoms with Crippen LogP contribution in [0.3, 0.4) is 0 Å². The average Bonchev–Trinajstić information content (AvgIpc) is 3.41. The number of thiophene rings is 1. The van der Waals surface area contributed by atoms with Gasteiger partial charge in [0.1, 0.15) is 5.82 Å². The van der Waals surface area contributed by atoms with E-state index in [4.69, 9.17) is 5.11 Å². The third-order valence-electron chi connectivity index (χ3n) is 5.33. The van der Waals surface area contributed by atoms with Gasteiger partial charge in [-0.05, 0) is 58.3 Å². The number of aromatic nitrogens is 3. The molecule has 3 aromatic heterocycles. The summed E-state index contributed by atoms with van der Waals surface area (Å²) >= 11 is 3.13. The first-order chi connectivity index (χ1) is 16.3. The molecule has 3 heterocycles. The molecule has 0 fully saturated rings. The van der Waals surface area contributed by atoms with Crippen LogP contribution in [0.4, 0.5) is 13.2 Å². The van der Waals surface area contributed by atoms with E-state index in [2.05, 4.69) is 15.0 Å². The number of pyridine rings is 1. The molecular formula is C24H16F3N3O2S2. The van der Waals surface area contributed by atoms with Crippen molar-refractivity contribution in [2.75, 3.05) is 0 Å². The maximum atomic E-state index is 12.9. The first kappa shape index (κ1) is 22.4. The van der Waals surface area contributed by atoms with Crippen molar-refractivity contribution in [3.8, 4) is 11.4 Å². The predicted octanol–water partition coefficient (Wildman–Crippen LogP) is 6.78. The van der Waals surface area contributed by atoms with Gasteiger partial charge in [0.15, 0.2) is 5.65 Å². The zero-order valence-electron chi connectivity index (χ0n) is 17.4. The third kappa shape index (κ3) is 4.51. The van der Waals surface area contributed by atoms with E-state index in [1.165, 1.54) is 23.5 Å². The van der Waals surface area contributed by atoms with Gasteiger partial charge < -0.3 is 10.1 Å². The second-order valence-electron chi connectivity index (χ2n) is 7.61. The molecule has 5 rings (SSSR count). The Bertz CT molecular complexity index is 1510. The Hall–Kier alpha value is -3.37. The highest BCUT2D eigenvalue weighted by atomic mass is 32.2. The molecule has 0 aliphatic heterocycles. The van der Waals surface area contributed by atoms with E-state index >= 15 is 0 Å². The Morgan fingerprint density at radius 3 is 2.62 bits per heavy atom. The molecule has 10 heteroatoms. The maximum Gasteiger partial charge on any atom is 0.416 e. The monoisotopic (exact) mass is 499 g/mol. The molecule has 0 aliphatic rings. The normalized spacial score (nSPS) is 12.0. The number of benzene rings is 2. The lowest BCUT2D eigenvalue weighted by Gasteiger charge is -2.06. The summed E-state index contributed by atoms with van der Waals surface area (Å²) in [5.41, 5.74) is 2.81. The van der Waals surface area contributed by atoms with E-state index < -0.39 is 17.7 Å². The summed E-state index contributed by atoms with van der Waals surface area (Å²) in [6.45, 7) is 0. The Kier molecular flexibility index (Phi) is 5.78. The van der Waals surface area contributed by atoms with Crippen molar-refractivity contribution in [1.29, 1.82) is 0 Å². The number of halogens is 3. The molecule has 34 heavy (non-hydrogen) atoms. The number of thioether (sulfide) groups is 1. The Morgan fingerprint density at radius 1 is 1.09 bits per heavy atom. The Labute approximate surface area is 199 Å². The molecule has 0 unspecified atom stereocenters. The highest BCUT2D eigenvalue weighted by Gasteiger charge is 2.30. The number of aliphatic carboxylic acids is 1. The van der Waals surface area contributed by atoms with E-state index in [1.54, 1.807) is 18.0 Å². The number of imidazole rings is 1. The number of rotatable bonds is 6. The molecule has 0 atom stereocenters. The molecular weight excluding hydrogens is 483 g/mol. The van der Waals surface area contributed by atoms with E-state index in [0.717, 1.165) is 43.8 Å². The number of nitrogens with one attached hydrogen (secondary N) is 1. The fourth-order valence-corrected chi connectivity index (χ4v) is 5.52. The largest absolute Gasteiger partial charge is 0.481 e. The molecule has 0 amide bonds. The summed E-state index contributed by atoms with van der Waals surface area (Å²) in [6, 6.07) is 12.7. The summed E-state index contributed by atoms with van der Waals surface area (Å²) in [5.74, 6) is 0.198. The lowest BCUT2D eigenvalue weighted by Crippen LogP contribution is -2.04. The Balaban J connectivity index is 1.39. The smallest absolute Gasteiger partial charge is 0.416 e. The van der Waals surface area contributed by atoms with Crippen molar-refractivity contribution in [3.05, 3.63) is 76.8 Å². The van der Waals surface area contributed by atoms with Crippen molar-refractivity contribution < 1.29 is 23.1 Å². The van der Waals surface area contributed by atoms with Crippen LogP contribution >= 0.6 is 23.1 Å². The van der Waals surface area contributed by atoms with Crippen LogP contribution in [-0.2, 0) is 23.1 Å².